The van der Waals surface area contributed by atoms with Gasteiger partial charge in [0.1, 0.15) is 36.9 Å². The Morgan fingerprint density at radius 1 is 0.944 bits per heavy atom. The van der Waals surface area contributed by atoms with Crippen LogP contribution in [-0.4, -0.2) is 38.6 Å². The molecule has 1 aromatic rings. The molecule has 2 unspecified atom stereocenters. The number of benzene rings is 1. The molecule has 6 heteroatoms. The molecule has 0 aliphatic carbocycles. The molecule has 2 aliphatic heterocycles. The van der Waals surface area contributed by atoms with E-state index in [1.54, 1.807) is 12.1 Å². The SMILES string of the molecule is Clc1cc(OCC2CO2)c(Cl)cc1OCC1CO1. The molecule has 0 spiro atoms. The Morgan fingerprint density at radius 2 is 1.33 bits per heavy atom. The lowest BCUT2D eigenvalue weighted by atomic mass is 10.3. The lowest BCUT2D eigenvalue weighted by Gasteiger charge is -2.11. The van der Waals surface area contributed by atoms with E-state index in [2.05, 4.69) is 0 Å². The zero-order chi connectivity index (χ0) is 12.5. The van der Waals surface area contributed by atoms with E-state index in [-0.39, 0.29) is 12.2 Å². The molecule has 2 atom stereocenters. The van der Waals surface area contributed by atoms with Gasteiger partial charge in [0, 0.05) is 12.1 Å². The summed E-state index contributed by atoms with van der Waals surface area (Å²) < 4.78 is 21.1. The highest BCUT2D eigenvalue weighted by Crippen LogP contribution is 2.36. The Morgan fingerprint density at radius 3 is 1.67 bits per heavy atom. The molecule has 0 bridgehead atoms. The van der Waals surface area contributed by atoms with Crippen LogP contribution in [0.3, 0.4) is 0 Å². The first-order valence-corrected chi connectivity index (χ1v) is 6.46. The molecular weight excluding hydrogens is 279 g/mol. The summed E-state index contributed by atoms with van der Waals surface area (Å²) in [7, 11) is 0. The predicted molar refractivity (Wildman–Crippen MR) is 66.9 cm³/mol. The van der Waals surface area contributed by atoms with Crippen LogP contribution < -0.4 is 9.47 Å². The summed E-state index contributed by atoms with van der Waals surface area (Å²) in [4.78, 5) is 0. The number of hydrogen-bond acceptors (Lipinski definition) is 4. The van der Waals surface area contributed by atoms with Gasteiger partial charge >= 0.3 is 0 Å². The van der Waals surface area contributed by atoms with E-state index in [1.165, 1.54) is 0 Å². The molecule has 0 radical (unpaired) electrons. The minimum Gasteiger partial charge on any atom is -0.489 e. The zero-order valence-corrected chi connectivity index (χ0v) is 11.0. The Bertz CT molecular complexity index is 402. The summed E-state index contributed by atoms with van der Waals surface area (Å²) in [6.45, 7) is 2.47. The van der Waals surface area contributed by atoms with Crippen LogP contribution >= 0.6 is 23.2 Å². The topological polar surface area (TPSA) is 43.5 Å². The van der Waals surface area contributed by atoms with Crippen LogP contribution in [0, 0.1) is 0 Å². The minimum absolute atomic E-state index is 0.183. The fraction of sp³-hybridized carbons (Fsp3) is 0.500. The van der Waals surface area contributed by atoms with Crippen LogP contribution in [0.5, 0.6) is 11.5 Å². The third-order valence-corrected chi connectivity index (χ3v) is 3.23. The summed E-state index contributed by atoms with van der Waals surface area (Å²) >= 11 is 12.2. The van der Waals surface area contributed by atoms with Gasteiger partial charge in [0.15, 0.2) is 0 Å². The highest BCUT2D eigenvalue weighted by atomic mass is 35.5. The van der Waals surface area contributed by atoms with Crippen LogP contribution in [0.4, 0.5) is 0 Å². The summed E-state index contributed by atoms with van der Waals surface area (Å²) in [5, 5.41) is 0.957. The standard InChI is InChI=1S/C12H12Cl2O4/c13-9-1-11(17-5-7-3-15-7)10(14)2-12(9)18-6-8-4-16-8/h1-2,7-8H,3-6H2. The Kier molecular flexibility index (Phi) is 3.52. The number of hydrogen-bond donors (Lipinski definition) is 0. The van der Waals surface area contributed by atoms with Crippen LogP contribution in [0.2, 0.25) is 10.0 Å². The van der Waals surface area contributed by atoms with Gasteiger partial charge in [-0.05, 0) is 0 Å². The fourth-order valence-electron chi connectivity index (χ4n) is 1.43. The number of ether oxygens (including phenoxy) is 4. The number of halogens is 2. The quantitative estimate of drug-likeness (QED) is 0.755. The maximum absolute atomic E-state index is 6.10. The van der Waals surface area contributed by atoms with Crippen molar-refractivity contribution in [1.82, 2.24) is 0 Å². The van der Waals surface area contributed by atoms with Gasteiger partial charge in [0.2, 0.25) is 0 Å². The normalized spacial score (nSPS) is 24.8. The van der Waals surface area contributed by atoms with Gasteiger partial charge in [-0.1, -0.05) is 23.2 Å². The van der Waals surface area contributed by atoms with E-state index >= 15 is 0 Å². The Labute approximate surface area is 115 Å². The zero-order valence-electron chi connectivity index (χ0n) is 9.53. The third-order valence-electron chi connectivity index (χ3n) is 2.64. The van der Waals surface area contributed by atoms with E-state index in [9.17, 15) is 0 Å². The lowest BCUT2D eigenvalue weighted by molar-refractivity contribution is 0.257. The van der Waals surface area contributed by atoms with Crippen molar-refractivity contribution in [1.29, 1.82) is 0 Å². The molecule has 98 valence electrons. The van der Waals surface area contributed by atoms with E-state index in [4.69, 9.17) is 42.1 Å². The van der Waals surface area contributed by atoms with Crippen molar-refractivity contribution in [3.05, 3.63) is 22.2 Å². The van der Waals surface area contributed by atoms with Crippen molar-refractivity contribution in [2.45, 2.75) is 12.2 Å². The van der Waals surface area contributed by atoms with Crippen molar-refractivity contribution in [3.8, 4) is 11.5 Å². The van der Waals surface area contributed by atoms with Crippen molar-refractivity contribution in [2.24, 2.45) is 0 Å². The fourth-order valence-corrected chi connectivity index (χ4v) is 1.84. The van der Waals surface area contributed by atoms with Crippen LogP contribution in [0.25, 0.3) is 0 Å². The molecule has 2 aliphatic rings. The van der Waals surface area contributed by atoms with E-state index in [0.717, 1.165) is 13.2 Å². The third kappa shape index (κ3) is 3.20. The van der Waals surface area contributed by atoms with Crippen molar-refractivity contribution >= 4 is 23.2 Å². The van der Waals surface area contributed by atoms with E-state index in [1.807, 2.05) is 0 Å². The average molecular weight is 291 g/mol. The first kappa shape index (κ1) is 12.4. The van der Waals surface area contributed by atoms with Gasteiger partial charge in [-0.3, -0.25) is 0 Å². The molecule has 0 N–H and O–H groups in total. The molecular formula is C12H12Cl2O4. The van der Waals surface area contributed by atoms with E-state index in [0.29, 0.717) is 34.8 Å². The second-order valence-corrected chi connectivity index (χ2v) is 5.06. The summed E-state index contributed by atoms with van der Waals surface area (Å²) in [6.07, 6.45) is 0.366. The Hall–Kier alpha value is -0.680. The molecule has 18 heavy (non-hydrogen) atoms. The molecule has 3 rings (SSSR count). The monoisotopic (exact) mass is 290 g/mol. The van der Waals surface area contributed by atoms with Gasteiger partial charge < -0.3 is 18.9 Å². The lowest BCUT2D eigenvalue weighted by Crippen LogP contribution is -2.06. The average Bonchev–Trinajstić information content (AvgIpc) is 3.22. The first-order valence-electron chi connectivity index (χ1n) is 5.70. The van der Waals surface area contributed by atoms with Crippen LogP contribution in [0.1, 0.15) is 0 Å². The maximum Gasteiger partial charge on any atom is 0.139 e. The van der Waals surface area contributed by atoms with Crippen LogP contribution in [0.15, 0.2) is 12.1 Å². The van der Waals surface area contributed by atoms with Crippen LogP contribution in [-0.2, 0) is 9.47 Å². The van der Waals surface area contributed by atoms with Gasteiger partial charge in [-0.25, -0.2) is 0 Å². The molecule has 0 amide bonds. The number of epoxide rings is 2. The van der Waals surface area contributed by atoms with Gasteiger partial charge in [-0.15, -0.1) is 0 Å². The summed E-state index contributed by atoms with van der Waals surface area (Å²) in [5.41, 5.74) is 0. The van der Waals surface area contributed by atoms with Crippen molar-refractivity contribution in [2.75, 3.05) is 26.4 Å². The minimum atomic E-state index is 0.183. The van der Waals surface area contributed by atoms with Crippen molar-refractivity contribution in [3.63, 3.8) is 0 Å². The summed E-state index contributed by atoms with van der Waals surface area (Å²) in [6, 6.07) is 3.32. The molecule has 4 nitrogen and oxygen atoms in total. The molecule has 2 fully saturated rings. The predicted octanol–water partition coefficient (Wildman–Crippen LogP) is 2.55. The molecule has 0 aromatic heterocycles. The smallest absolute Gasteiger partial charge is 0.139 e. The molecule has 2 heterocycles. The second kappa shape index (κ2) is 5.13. The second-order valence-electron chi connectivity index (χ2n) is 4.25. The summed E-state index contributed by atoms with van der Waals surface area (Å²) in [5.74, 6) is 1.10. The van der Waals surface area contributed by atoms with E-state index < -0.39 is 0 Å². The van der Waals surface area contributed by atoms with Gasteiger partial charge in [0.05, 0.1) is 23.3 Å². The van der Waals surface area contributed by atoms with Crippen molar-refractivity contribution < 1.29 is 18.9 Å². The maximum atomic E-state index is 6.10. The first-order chi connectivity index (χ1) is 8.72. The number of rotatable bonds is 6. The Balaban J connectivity index is 1.64. The van der Waals surface area contributed by atoms with Gasteiger partial charge in [0.25, 0.3) is 0 Å². The highest BCUT2D eigenvalue weighted by molar-refractivity contribution is 6.35. The van der Waals surface area contributed by atoms with Gasteiger partial charge in [-0.2, -0.15) is 0 Å². The highest BCUT2D eigenvalue weighted by Gasteiger charge is 2.25. The molecule has 0 saturated carbocycles. The largest absolute Gasteiger partial charge is 0.489 e. The molecule has 2 saturated heterocycles. The molecule has 1 aromatic carbocycles.